The average molecular weight is 450 g/mol. The topological polar surface area (TPSA) is 114 Å². The molecule has 8 heteroatoms. The first-order valence-corrected chi connectivity index (χ1v) is 10.7. The van der Waals surface area contributed by atoms with Crippen LogP contribution in [-0.4, -0.2) is 46.3 Å². The van der Waals surface area contributed by atoms with Crippen molar-refractivity contribution in [1.29, 1.82) is 0 Å². The lowest BCUT2D eigenvalue weighted by molar-refractivity contribution is -0.121. The number of carbonyl (C=O) groups excluding carboxylic acids is 1. The Bertz CT molecular complexity index is 1160. The Hall–Kier alpha value is -3.83. The number of phenols is 1. The maximum Gasteiger partial charge on any atom is 0.162 e. The highest BCUT2D eigenvalue weighted by molar-refractivity contribution is 5.93. The smallest absolute Gasteiger partial charge is 0.162 e. The van der Waals surface area contributed by atoms with E-state index in [-0.39, 0.29) is 18.1 Å². The van der Waals surface area contributed by atoms with Crippen molar-refractivity contribution in [3.8, 4) is 29.6 Å². The van der Waals surface area contributed by atoms with E-state index in [0.29, 0.717) is 47.1 Å². The van der Waals surface area contributed by atoms with Crippen LogP contribution in [0.2, 0.25) is 0 Å². The van der Waals surface area contributed by atoms with Crippen LogP contribution in [0.15, 0.2) is 36.7 Å². The van der Waals surface area contributed by atoms with Gasteiger partial charge in [0.1, 0.15) is 24.5 Å². The van der Waals surface area contributed by atoms with Crippen molar-refractivity contribution >= 4 is 28.2 Å². The molecule has 0 saturated carbocycles. The number of nitrogens with one attached hydrogen (secondary N) is 1. The Morgan fingerprint density at radius 2 is 1.94 bits per heavy atom. The summed E-state index contributed by atoms with van der Waals surface area (Å²) in [6.07, 6.45) is 10.7. The predicted octanol–water partition coefficient (Wildman–Crippen LogP) is 3.96. The number of ketones is 1. The van der Waals surface area contributed by atoms with E-state index in [4.69, 9.17) is 21.0 Å². The monoisotopic (exact) mass is 449 g/mol. The van der Waals surface area contributed by atoms with Gasteiger partial charge in [0.2, 0.25) is 0 Å². The molecule has 3 N–H and O–H groups in total. The first-order valence-electron chi connectivity index (χ1n) is 10.7. The maximum absolute atomic E-state index is 11.1. The lowest BCUT2D eigenvalue weighted by Crippen LogP contribution is -2.03. The molecule has 0 amide bonds. The van der Waals surface area contributed by atoms with E-state index in [1.54, 1.807) is 25.3 Å². The van der Waals surface area contributed by atoms with Crippen LogP contribution < -0.4 is 14.8 Å². The van der Waals surface area contributed by atoms with Gasteiger partial charge in [0, 0.05) is 23.6 Å². The summed E-state index contributed by atoms with van der Waals surface area (Å²) in [6, 6.07) is 8.52. The Labute approximate surface area is 192 Å². The fraction of sp³-hybridized carbons (Fsp3) is 0.320. The molecule has 0 saturated heterocycles. The summed E-state index contributed by atoms with van der Waals surface area (Å²) in [5, 5.41) is 22.5. The molecule has 0 radical (unpaired) electrons. The molecule has 0 fully saturated rings. The minimum absolute atomic E-state index is 0.0380. The van der Waals surface area contributed by atoms with Gasteiger partial charge in [-0.25, -0.2) is 9.97 Å². The zero-order valence-electron chi connectivity index (χ0n) is 18.5. The van der Waals surface area contributed by atoms with Crippen LogP contribution in [-0.2, 0) is 4.79 Å². The third-order valence-corrected chi connectivity index (χ3v) is 5.12. The number of carbonyl (C=O) groups is 1. The maximum atomic E-state index is 11.1. The Morgan fingerprint density at radius 3 is 2.70 bits per heavy atom. The minimum Gasteiger partial charge on any atom is -0.507 e. The first kappa shape index (κ1) is 23.8. The summed E-state index contributed by atoms with van der Waals surface area (Å²) in [5.74, 6) is 4.07. The number of Topliss-reactive ketones (excluding diaryl/α,β-unsaturated/α-hetero) is 1. The van der Waals surface area contributed by atoms with E-state index in [1.807, 2.05) is 6.07 Å². The van der Waals surface area contributed by atoms with Crippen molar-refractivity contribution in [3.63, 3.8) is 0 Å². The van der Waals surface area contributed by atoms with Crippen LogP contribution in [0.1, 0.15) is 37.7 Å². The molecule has 0 unspecified atom stereocenters. The van der Waals surface area contributed by atoms with Crippen molar-refractivity contribution in [2.24, 2.45) is 0 Å². The summed E-state index contributed by atoms with van der Waals surface area (Å²) < 4.78 is 11.4. The van der Waals surface area contributed by atoms with Gasteiger partial charge in [0.05, 0.1) is 24.8 Å². The number of aromatic hydroxyl groups is 1. The van der Waals surface area contributed by atoms with E-state index >= 15 is 0 Å². The Morgan fingerprint density at radius 1 is 1.12 bits per heavy atom. The highest BCUT2D eigenvalue weighted by Crippen LogP contribution is 2.35. The molecule has 0 spiro atoms. The van der Waals surface area contributed by atoms with Crippen LogP contribution >= 0.6 is 0 Å². The number of ether oxygens (including phenoxy) is 2. The molecule has 0 bridgehead atoms. The molecule has 172 valence electrons. The summed E-state index contributed by atoms with van der Waals surface area (Å²) in [5.41, 5.74) is 1.74. The van der Waals surface area contributed by atoms with Gasteiger partial charge in [-0.05, 0) is 37.1 Å². The molecule has 0 aliphatic heterocycles. The van der Waals surface area contributed by atoms with Crippen LogP contribution in [0, 0.1) is 12.3 Å². The molecular formula is C25H27N3O5. The number of rotatable bonds is 12. The average Bonchev–Trinajstić information content (AvgIpc) is 2.84. The molecule has 33 heavy (non-hydrogen) atoms. The number of nitrogens with zero attached hydrogens (tertiary/aromatic N) is 2. The second kappa shape index (κ2) is 11.7. The molecule has 0 atom stereocenters. The van der Waals surface area contributed by atoms with Gasteiger partial charge in [-0.2, -0.15) is 0 Å². The number of hydrogen-bond donors (Lipinski definition) is 3. The summed E-state index contributed by atoms with van der Waals surface area (Å²) in [4.78, 5) is 19.8. The summed E-state index contributed by atoms with van der Waals surface area (Å²) in [7, 11) is 1.57. The Kier molecular flexibility index (Phi) is 8.44. The van der Waals surface area contributed by atoms with Gasteiger partial charge in [-0.1, -0.05) is 18.8 Å². The number of anilines is 2. The van der Waals surface area contributed by atoms with E-state index in [1.165, 1.54) is 12.4 Å². The first-order chi connectivity index (χ1) is 16.0. The van der Waals surface area contributed by atoms with Gasteiger partial charge in [0.25, 0.3) is 0 Å². The molecule has 8 nitrogen and oxygen atoms in total. The van der Waals surface area contributed by atoms with Crippen molar-refractivity contribution < 1.29 is 24.5 Å². The van der Waals surface area contributed by atoms with Crippen LogP contribution in [0.3, 0.4) is 0 Å². The van der Waals surface area contributed by atoms with Crippen LogP contribution in [0.5, 0.6) is 17.2 Å². The van der Waals surface area contributed by atoms with E-state index in [9.17, 15) is 9.90 Å². The standard InChI is InChI=1S/C25H27N3O5/c1-3-17-12-18(9-10-22(17)31)28-25-20-13-24(23(32-2)14-21(20)26-16-27-25)33-11-7-5-4-6-8-19(30)15-29/h1,9-10,12-14,16,29,31H,4-8,11,15H2,2H3,(H,26,27,28). The number of terminal acetylenes is 1. The second-order valence-corrected chi connectivity index (χ2v) is 7.45. The minimum atomic E-state index is -0.386. The highest BCUT2D eigenvalue weighted by Gasteiger charge is 2.12. The van der Waals surface area contributed by atoms with E-state index in [0.717, 1.165) is 31.1 Å². The van der Waals surface area contributed by atoms with Crippen LogP contribution in [0.4, 0.5) is 11.5 Å². The molecule has 0 aliphatic rings. The number of aromatic nitrogens is 2. The fourth-order valence-corrected chi connectivity index (χ4v) is 3.34. The molecule has 1 aromatic heterocycles. The van der Waals surface area contributed by atoms with Gasteiger partial charge < -0.3 is 25.0 Å². The second-order valence-electron chi connectivity index (χ2n) is 7.45. The van der Waals surface area contributed by atoms with E-state index in [2.05, 4.69) is 21.2 Å². The van der Waals surface area contributed by atoms with Gasteiger partial charge >= 0.3 is 0 Å². The normalized spacial score (nSPS) is 10.6. The van der Waals surface area contributed by atoms with Gasteiger partial charge in [0.15, 0.2) is 17.3 Å². The number of aliphatic hydroxyl groups is 1. The zero-order chi connectivity index (χ0) is 23.6. The van der Waals surface area contributed by atoms with Crippen molar-refractivity contribution in [3.05, 3.63) is 42.2 Å². The van der Waals surface area contributed by atoms with Gasteiger partial charge in [-0.3, -0.25) is 4.79 Å². The zero-order valence-corrected chi connectivity index (χ0v) is 18.5. The fourth-order valence-electron chi connectivity index (χ4n) is 3.34. The number of fused-ring (bicyclic) bond motifs is 1. The SMILES string of the molecule is C#Cc1cc(Nc2ncnc3cc(OC)c(OCCCCCCC(=O)CO)cc23)ccc1O. The number of phenolic OH excluding ortho intramolecular Hbond substituents is 1. The molecule has 1 heterocycles. The van der Waals surface area contributed by atoms with Crippen LogP contribution in [0.25, 0.3) is 10.9 Å². The number of benzene rings is 2. The lowest BCUT2D eigenvalue weighted by Gasteiger charge is -2.14. The number of aliphatic hydroxyl groups excluding tert-OH is 1. The summed E-state index contributed by atoms with van der Waals surface area (Å²) >= 11 is 0. The van der Waals surface area contributed by atoms with Crippen molar-refractivity contribution in [1.82, 2.24) is 9.97 Å². The predicted molar refractivity (Wildman–Crippen MR) is 126 cm³/mol. The van der Waals surface area contributed by atoms with Crippen molar-refractivity contribution in [2.45, 2.75) is 32.1 Å². The third-order valence-electron chi connectivity index (χ3n) is 5.12. The number of hydrogen-bond acceptors (Lipinski definition) is 8. The molecule has 3 aromatic rings. The number of unbranched alkanes of at least 4 members (excludes halogenated alkanes) is 3. The molecule has 2 aromatic carbocycles. The molecule has 3 rings (SSSR count). The Balaban J connectivity index is 1.71. The summed E-state index contributed by atoms with van der Waals surface area (Å²) in [6.45, 7) is 0.110. The number of methoxy groups -OCH3 is 1. The van der Waals surface area contributed by atoms with Crippen molar-refractivity contribution in [2.75, 3.05) is 25.6 Å². The third kappa shape index (κ3) is 6.34. The quantitative estimate of drug-likeness (QED) is 0.216. The largest absolute Gasteiger partial charge is 0.507 e. The van der Waals surface area contributed by atoms with E-state index < -0.39 is 0 Å². The molecule has 0 aliphatic carbocycles. The highest BCUT2D eigenvalue weighted by atomic mass is 16.5. The molecular weight excluding hydrogens is 422 g/mol. The van der Waals surface area contributed by atoms with Gasteiger partial charge in [-0.15, -0.1) is 6.42 Å². The lowest BCUT2D eigenvalue weighted by atomic mass is 10.1.